The van der Waals surface area contributed by atoms with Gasteiger partial charge in [0.25, 0.3) is 5.91 Å². The molecule has 0 aliphatic rings. The number of rotatable bonds is 4. The molecule has 1 atom stereocenters. The van der Waals surface area contributed by atoms with Gasteiger partial charge in [0.05, 0.1) is 0 Å². The van der Waals surface area contributed by atoms with E-state index in [2.05, 4.69) is 14.7 Å². The number of aromatic nitrogens is 2. The van der Waals surface area contributed by atoms with Gasteiger partial charge in [0, 0.05) is 18.2 Å². The maximum absolute atomic E-state index is 12.4. The van der Waals surface area contributed by atoms with Gasteiger partial charge in [-0.1, -0.05) is 17.3 Å². The highest BCUT2D eigenvalue weighted by atomic mass is 19.4. The van der Waals surface area contributed by atoms with Gasteiger partial charge in [-0.25, -0.2) is 4.79 Å². The maximum Gasteiger partial charge on any atom is 0.471 e. The number of carbonyl (C=O) groups excluding carboxylic acids is 1. The minimum absolute atomic E-state index is 0.175. The monoisotopic (exact) mass is 343 g/mol. The second-order valence-corrected chi connectivity index (χ2v) is 4.93. The molecule has 0 saturated heterocycles. The summed E-state index contributed by atoms with van der Waals surface area (Å²) in [7, 11) is 1.34. The van der Waals surface area contributed by atoms with Gasteiger partial charge in [0.1, 0.15) is 6.04 Å². The molecule has 128 valence electrons. The number of carboxylic acids is 1. The standard InChI is InChI=1S/C14H12F3N3O4/c1-7(12(22)23)20(2)11(21)9-5-3-8(4-6-9)10-18-13(24-19-10)14(15,16)17/h3-7H,1-2H3,(H,22,23). The Hall–Kier alpha value is -2.91. The third-order valence-electron chi connectivity index (χ3n) is 3.32. The number of aliphatic carboxylic acids is 1. The van der Waals surface area contributed by atoms with Gasteiger partial charge in [-0.15, -0.1) is 0 Å². The summed E-state index contributed by atoms with van der Waals surface area (Å²) in [5.74, 6) is -3.43. The predicted octanol–water partition coefficient (Wildman–Crippen LogP) is 2.30. The van der Waals surface area contributed by atoms with E-state index in [1.807, 2.05) is 0 Å². The zero-order valence-corrected chi connectivity index (χ0v) is 12.5. The molecule has 2 rings (SSSR count). The molecule has 0 fully saturated rings. The minimum Gasteiger partial charge on any atom is -0.480 e. The van der Waals surface area contributed by atoms with Crippen molar-refractivity contribution in [1.82, 2.24) is 15.0 Å². The first-order valence-corrected chi connectivity index (χ1v) is 6.62. The van der Waals surface area contributed by atoms with Crippen molar-refractivity contribution < 1.29 is 32.4 Å². The van der Waals surface area contributed by atoms with E-state index < -0.39 is 30.0 Å². The molecule has 10 heteroatoms. The van der Waals surface area contributed by atoms with Crippen LogP contribution < -0.4 is 0 Å². The zero-order chi connectivity index (χ0) is 18.1. The Labute approximate surface area is 133 Å². The van der Waals surface area contributed by atoms with Crippen LogP contribution in [0.1, 0.15) is 23.2 Å². The Bertz CT molecular complexity index is 755. The molecular weight excluding hydrogens is 331 g/mol. The molecule has 1 aromatic carbocycles. The molecule has 0 spiro atoms. The van der Waals surface area contributed by atoms with Crippen molar-refractivity contribution in [1.29, 1.82) is 0 Å². The molecule has 0 radical (unpaired) electrons. The third kappa shape index (κ3) is 3.53. The average molecular weight is 343 g/mol. The lowest BCUT2D eigenvalue weighted by Crippen LogP contribution is -2.40. The van der Waals surface area contributed by atoms with E-state index in [4.69, 9.17) is 5.11 Å². The van der Waals surface area contributed by atoms with Crippen molar-refractivity contribution in [2.45, 2.75) is 19.1 Å². The minimum atomic E-state index is -4.74. The van der Waals surface area contributed by atoms with E-state index in [1.165, 1.54) is 38.2 Å². The molecule has 0 bridgehead atoms. The molecule has 1 heterocycles. The number of amides is 1. The Kier molecular flexibility index (Phi) is 4.58. The van der Waals surface area contributed by atoms with Crippen molar-refractivity contribution in [3.05, 3.63) is 35.7 Å². The number of alkyl halides is 3. The fraction of sp³-hybridized carbons (Fsp3) is 0.286. The van der Waals surface area contributed by atoms with Crippen LogP contribution in [0.3, 0.4) is 0 Å². The fourth-order valence-electron chi connectivity index (χ4n) is 1.76. The highest BCUT2D eigenvalue weighted by Crippen LogP contribution is 2.29. The van der Waals surface area contributed by atoms with E-state index >= 15 is 0 Å². The first kappa shape index (κ1) is 17.4. The topological polar surface area (TPSA) is 96.5 Å². The second-order valence-electron chi connectivity index (χ2n) is 4.93. The molecule has 1 N–H and O–H groups in total. The number of carbonyl (C=O) groups is 2. The number of hydrogen-bond donors (Lipinski definition) is 1. The van der Waals surface area contributed by atoms with Crippen molar-refractivity contribution in [3.8, 4) is 11.4 Å². The van der Waals surface area contributed by atoms with Gasteiger partial charge < -0.3 is 14.5 Å². The fourth-order valence-corrected chi connectivity index (χ4v) is 1.76. The van der Waals surface area contributed by atoms with Crippen LogP contribution in [0.2, 0.25) is 0 Å². The largest absolute Gasteiger partial charge is 0.480 e. The first-order valence-electron chi connectivity index (χ1n) is 6.62. The van der Waals surface area contributed by atoms with Crippen molar-refractivity contribution in [2.24, 2.45) is 0 Å². The van der Waals surface area contributed by atoms with Crippen LogP contribution in [-0.2, 0) is 11.0 Å². The van der Waals surface area contributed by atoms with Crippen LogP contribution in [0.5, 0.6) is 0 Å². The predicted molar refractivity (Wildman–Crippen MR) is 73.9 cm³/mol. The van der Waals surface area contributed by atoms with Gasteiger partial charge in [-0.2, -0.15) is 18.2 Å². The summed E-state index contributed by atoms with van der Waals surface area (Å²) in [6.07, 6.45) is -4.74. The summed E-state index contributed by atoms with van der Waals surface area (Å²) < 4.78 is 41.4. The van der Waals surface area contributed by atoms with E-state index in [0.717, 1.165) is 4.90 Å². The van der Waals surface area contributed by atoms with Crippen LogP contribution in [0.4, 0.5) is 13.2 Å². The van der Waals surface area contributed by atoms with Crippen LogP contribution >= 0.6 is 0 Å². The molecule has 24 heavy (non-hydrogen) atoms. The van der Waals surface area contributed by atoms with E-state index in [-0.39, 0.29) is 17.0 Å². The Morgan fingerprint density at radius 2 is 1.83 bits per heavy atom. The summed E-state index contributed by atoms with van der Waals surface area (Å²) >= 11 is 0. The summed E-state index contributed by atoms with van der Waals surface area (Å²) in [6, 6.07) is 4.34. The molecule has 0 aliphatic heterocycles. The second kappa shape index (κ2) is 6.30. The summed E-state index contributed by atoms with van der Waals surface area (Å²) in [4.78, 5) is 27.3. The first-order chi connectivity index (χ1) is 11.1. The molecular formula is C14H12F3N3O4. The normalized spacial score (nSPS) is 12.7. The Balaban J connectivity index is 2.20. The SMILES string of the molecule is CC(C(=O)O)N(C)C(=O)c1ccc(-c2noc(C(F)(F)F)n2)cc1. The lowest BCUT2D eigenvalue weighted by molar-refractivity contribution is -0.159. The number of nitrogens with zero attached hydrogens (tertiary/aromatic N) is 3. The van der Waals surface area contributed by atoms with Crippen LogP contribution in [0, 0.1) is 0 Å². The Morgan fingerprint density at radius 3 is 2.29 bits per heavy atom. The quantitative estimate of drug-likeness (QED) is 0.915. The summed E-state index contributed by atoms with van der Waals surface area (Å²) in [6.45, 7) is 1.35. The number of halogens is 3. The van der Waals surface area contributed by atoms with Gasteiger partial charge in [-0.05, 0) is 19.1 Å². The van der Waals surface area contributed by atoms with Crippen LogP contribution in [-0.4, -0.2) is 45.1 Å². The lowest BCUT2D eigenvalue weighted by Gasteiger charge is -2.21. The number of likely N-dealkylation sites (N-methyl/N-ethyl adjacent to an activating group) is 1. The maximum atomic E-state index is 12.4. The molecule has 1 unspecified atom stereocenters. The van der Waals surface area contributed by atoms with E-state index in [0.29, 0.717) is 0 Å². The zero-order valence-electron chi connectivity index (χ0n) is 12.5. The van der Waals surface area contributed by atoms with Crippen LogP contribution in [0.25, 0.3) is 11.4 Å². The van der Waals surface area contributed by atoms with Gasteiger partial charge in [0.15, 0.2) is 0 Å². The van der Waals surface area contributed by atoms with Gasteiger partial charge in [-0.3, -0.25) is 4.79 Å². The molecule has 1 aromatic heterocycles. The Morgan fingerprint density at radius 1 is 1.25 bits per heavy atom. The molecule has 0 saturated carbocycles. The molecule has 7 nitrogen and oxygen atoms in total. The highest BCUT2D eigenvalue weighted by Gasteiger charge is 2.38. The van der Waals surface area contributed by atoms with Crippen molar-refractivity contribution in [3.63, 3.8) is 0 Å². The number of carboxylic acid groups (broad SMARTS) is 1. The smallest absolute Gasteiger partial charge is 0.471 e. The van der Waals surface area contributed by atoms with Crippen molar-refractivity contribution in [2.75, 3.05) is 7.05 Å². The van der Waals surface area contributed by atoms with Crippen molar-refractivity contribution >= 4 is 11.9 Å². The third-order valence-corrected chi connectivity index (χ3v) is 3.32. The van der Waals surface area contributed by atoms with Crippen LogP contribution in [0.15, 0.2) is 28.8 Å². The summed E-state index contributed by atoms with van der Waals surface area (Å²) in [5, 5.41) is 12.1. The van der Waals surface area contributed by atoms with E-state index in [9.17, 15) is 22.8 Å². The average Bonchev–Trinajstić information content (AvgIpc) is 3.03. The summed E-state index contributed by atoms with van der Waals surface area (Å²) in [5.41, 5.74) is 0.397. The van der Waals surface area contributed by atoms with Gasteiger partial charge >= 0.3 is 18.0 Å². The number of hydrogen-bond acceptors (Lipinski definition) is 5. The van der Waals surface area contributed by atoms with E-state index in [1.54, 1.807) is 0 Å². The highest BCUT2D eigenvalue weighted by molar-refractivity contribution is 5.96. The van der Waals surface area contributed by atoms with Gasteiger partial charge in [0.2, 0.25) is 5.82 Å². The molecule has 1 amide bonds. The molecule has 2 aromatic rings. The lowest BCUT2D eigenvalue weighted by atomic mass is 10.1. The molecule has 0 aliphatic carbocycles. The number of benzene rings is 1.